The highest BCUT2D eigenvalue weighted by molar-refractivity contribution is 7.07. The van der Waals surface area contributed by atoms with Crippen molar-refractivity contribution >= 4 is 11.3 Å². The summed E-state index contributed by atoms with van der Waals surface area (Å²) in [6.07, 6.45) is -0.501. The van der Waals surface area contributed by atoms with E-state index < -0.39 is 6.10 Å². The first-order chi connectivity index (χ1) is 8.66. The molecular formula is C14H16FNOS. The van der Waals surface area contributed by atoms with Crippen LogP contribution in [0.1, 0.15) is 30.2 Å². The van der Waals surface area contributed by atoms with Crippen molar-refractivity contribution in [2.75, 3.05) is 6.54 Å². The third-order valence-electron chi connectivity index (χ3n) is 2.92. The van der Waals surface area contributed by atoms with Gasteiger partial charge in [0.1, 0.15) is 5.82 Å². The van der Waals surface area contributed by atoms with Crippen LogP contribution in [-0.2, 0) is 0 Å². The second kappa shape index (κ2) is 6.09. The molecule has 2 N–H and O–H groups in total. The maximum atomic E-state index is 12.8. The minimum absolute atomic E-state index is 0.0823. The van der Waals surface area contributed by atoms with Crippen LogP contribution in [0.25, 0.3) is 0 Å². The van der Waals surface area contributed by atoms with Crippen LogP contribution in [0.15, 0.2) is 41.1 Å². The minimum Gasteiger partial charge on any atom is -0.387 e. The quantitative estimate of drug-likeness (QED) is 0.869. The monoisotopic (exact) mass is 265 g/mol. The Kier molecular flexibility index (Phi) is 4.47. The predicted octanol–water partition coefficient (Wildman–Crippen LogP) is 3.27. The summed E-state index contributed by atoms with van der Waals surface area (Å²) in [6, 6.07) is 8.40. The van der Waals surface area contributed by atoms with E-state index in [1.54, 1.807) is 23.5 Å². The zero-order chi connectivity index (χ0) is 13.0. The van der Waals surface area contributed by atoms with E-state index in [1.807, 2.05) is 23.8 Å². The third-order valence-corrected chi connectivity index (χ3v) is 3.62. The van der Waals surface area contributed by atoms with E-state index in [-0.39, 0.29) is 11.9 Å². The predicted molar refractivity (Wildman–Crippen MR) is 72.1 cm³/mol. The van der Waals surface area contributed by atoms with Gasteiger partial charge >= 0.3 is 0 Å². The van der Waals surface area contributed by atoms with Crippen LogP contribution >= 0.6 is 11.3 Å². The number of aliphatic hydroxyl groups excluding tert-OH is 1. The number of halogens is 1. The summed E-state index contributed by atoms with van der Waals surface area (Å²) in [5.41, 5.74) is 1.94. The Morgan fingerprint density at radius 2 is 1.94 bits per heavy atom. The first-order valence-corrected chi connectivity index (χ1v) is 6.80. The smallest absolute Gasteiger partial charge is 0.123 e. The summed E-state index contributed by atoms with van der Waals surface area (Å²) in [6.45, 7) is 2.48. The lowest BCUT2D eigenvalue weighted by molar-refractivity contribution is 0.171. The molecule has 0 fully saturated rings. The second-order valence-corrected chi connectivity index (χ2v) is 5.03. The molecule has 2 unspecified atom stereocenters. The number of thiophene rings is 1. The molecule has 0 bridgehead atoms. The van der Waals surface area contributed by atoms with Crippen molar-refractivity contribution < 1.29 is 9.50 Å². The van der Waals surface area contributed by atoms with Crippen LogP contribution in [0.5, 0.6) is 0 Å². The summed E-state index contributed by atoms with van der Waals surface area (Å²) in [7, 11) is 0. The van der Waals surface area contributed by atoms with Crippen molar-refractivity contribution in [2.45, 2.75) is 19.1 Å². The van der Waals surface area contributed by atoms with E-state index in [4.69, 9.17) is 0 Å². The Hall–Kier alpha value is -1.23. The largest absolute Gasteiger partial charge is 0.387 e. The van der Waals surface area contributed by atoms with Gasteiger partial charge in [0.25, 0.3) is 0 Å². The number of aliphatic hydroxyl groups is 1. The van der Waals surface area contributed by atoms with E-state index in [0.29, 0.717) is 6.54 Å². The van der Waals surface area contributed by atoms with E-state index in [2.05, 4.69) is 5.32 Å². The normalized spacial score (nSPS) is 14.4. The molecule has 18 heavy (non-hydrogen) atoms. The van der Waals surface area contributed by atoms with E-state index in [1.165, 1.54) is 12.1 Å². The van der Waals surface area contributed by atoms with Gasteiger partial charge in [-0.15, -0.1) is 0 Å². The van der Waals surface area contributed by atoms with Crippen LogP contribution < -0.4 is 5.32 Å². The molecule has 1 heterocycles. The number of nitrogens with one attached hydrogen (secondary N) is 1. The average Bonchev–Trinajstić information content (AvgIpc) is 2.90. The average molecular weight is 265 g/mol. The van der Waals surface area contributed by atoms with Gasteiger partial charge in [0.15, 0.2) is 0 Å². The van der Waals surface area contributed by atoms with Crippen molar-refractivity contribution in [3.05, 3.63) is 58.0 Å². The van der Waals surface area contributed by atoms with E-state index in [9.17, 15) is 9.50 Å². The Labute approximate surface area is 110 Å². The van der Waals surface area contributed by atoms with Crippen LogP contribution in [0, 0.1) is 5.82 Å². The minimum atomic E-state index is -0.501. The van der Waals surface area contributed by atoms with E-state index >= 15 is 0 Å². The van der Waals surface area contributed by atoms with Gasteiger partial charge in [-0.2, -0.15) is 11.3 Å². The van der Waals surface area contributed by atoms with Crippen LogP contribution in [0.4, 0.5) is 4.39 Å². The van der Waals surface area contributed by atoms with Crippen molar-refractivity contribution in [2.24, 2.45) is 0 Å². The highest BCUT2D eigenvalue weighted by Gasteiger charge is 2.10. The van der Waals surface area contributed by atoms with Crippen LogP contribution in [-0.4, -0.2) is 11.7 Å². The number of rotatable bonds is 5. The molecule has 0 amide bonds. The Morgan fingerprint density at radius 1 is 1.22 bits per heavy atom. The molecule has 0 aliphatic heterocycles. The molecule has 0 saturated carbocycles. The fourth-order valence-corrected chi connectivity index (χ4v) is 2.45. The van der Waals surface area contributed by atoms with Gasteiger partial charge in [-0.05, 0) is 47.0 Å². The Balaban J connectivity index is 1.88. The molecule has 2 nitrogen and oxygen atoms in total. The van der Waals surface area contributed by atoms with Gasteiger partial charge < -0.3 is 10.4 Å². The zero-order valence-electron chi connectivity index (χ0n) is 10.1. The van der Waals surface area contributed by atoms with Crippen molar-refractivity contribution in [3.8, 4) is 0 Å². The first kappa shape index (κ1) is 13.2. The maximum Gasteiger partial charge on any atom is 0.123 e. The fraction of sp³-hybridized carbons (Fsp3) is 0.286. The molecule has 0 aliphatic carbocycles. The molecule has 1 aromatic carbocycles. The summed E-state index contributed by atoms with van der Waals surface area (Å²) in [4.78, 5) is 0. The maximum absolute atomic E-state index is 12.8. The third kappa shape index (κ3) is 3.38. The second-order valence-electron chi connectivity index (χ2n) is 4.25. The number of hydrogen-bond acceptors (Lipinski definition) is 3. The molecule has 0 aliphatic rings. The van der Waals surface area contributed by atoms with E-state index in [0.717, 1.165) is 11.1 Å². The highest BCUT2D eigenvalue weighted by Crippen LogP contribution is 2.17. The summed E-state index contributed by atoms with van der Waals surface area (Å²) in [5.74, 6) is -0.232. The molecular weight excluding hydrogens is 249 g/mol. The number of hydrogen-bond donors (Lipinski definition) is 2. The van der Waals surface area contributed by atoms with Gasteiger partial charge in [0.05, 0.1) is 6.10 Å². The molecule has 1 aromatic heterocycles. The summed E-state index contributed by atoms with van der Waals surface area (Å²) in [5, 5.41) is 17.1. The van der Waals surface area contributed by atoms with Gasteiger partial charge in [0.2, 0.25) is 0 Å². The van der Waals surface area contributed by atoms with Gasteiger partial charge in [-0.25, -0.2) is 4.39 Å². The molecule has 96 valence electrons. The lowest BCUT2D eigenvalue weighted by Crippen LogP contribution is -2.24. The van der Waals surface area contributed by atoms with Gasteiger partial charge in [-0.3, -0.25) is 0 Å². The van der Waals surface area contributed by atoms with Crippen LogP contribution in [0.3, 0.4) is 0 Å². The lowest BCUT2D eigenvalue weighted by atomic mass is 10.1. The zero-order valence-corrected chi connectivity index (χ0v) is 11.0. The first-order valence-electron chi connectivity index (χ1n) is 5.86. The molecule has 0 radical (unpaired) electrons. The molecule has 0 spiro atoms. The Morgan fingerprint density at radius 3 is 2.56 bits per heavy atom. The van der Waals surface area contributed by atoms with Crippen molar-refractivity contribution in [1.29, 1.82) is 0 Å². The van der Waals surface area contributed by atoms with Crippen molar-refractivity contribution in [3.63, 3.8) is 0 Å². The topological polar surface area (TPSA) is 32.3 Å². The standard InChI is InChI=1S/C14H16FNOS/c1-10(11-2-4-13(15)5-3-11)16-8-14(17)12-6-7-18-9-12/h2-7,9-10,14,16-17H,8H2,1H3. The Bertz CT molecular complexity index is 469. The van der Waals surface area contributed by atoms with Crippen LogP contribution in [0.2, 0.25) is 0 Å². The molecule has 0 saturated heterocycles. The molecule has 2 aromatic rings. The summed E-state index contributed by atoms with van der Waals surface area (Å²) < 4.78 is 12.8. The molecule has 2 rings (SSSR count). The van der Waals surface area contributed by atoms with Crippen molar-refractivity contribution in [1.82, 2.24) is 5.32 Å². The highest BCUT2D eigenvalue weighted by atomic mass is 32.1. The number of benzene rings is 1. The SMILES string of the molecule is CC(NCC(O)c1ccsc1)c1ccc(F)cc1. The fourth-order valence-electron chi connectivity index (χ4n) is 1.74. The van der Waals surface area contributed by atoms with Gasteiger partial charge in [-0.1, -0.05) is 12.1 Å². The molecule has 4 heteroatoms. The van der Waals surface area contributed by atoms with Gasteiger partial charge in [0, 0.05) is 12.6 Å². The molecule has 2 atom stereocenters. The lowest BCUT2D eigenvalue weighted by Gasteiger charge is -2.17. The summed E-state index contributed by atoms with van der Waals surface area (Å²) >= 11 is 1.57.